The molecule has 0 bridgehead atoms. The number of nitrogens with one attached hydrogen (secondary N) is 1. The second kappa shape index (κ2) is 7.97. The number of rotatable bonds is 5. The first kappa shape index (κ1) is 16.5. The minimum Gasteiger partial charge on any atom is -0.458 e. The number of halogens is 1. The van der Waals surface area contributed by atoms with E-state index in [4.69, 9.17) is 16.3 Å². The Labute approximate surface area is 145 Å². The molecule has 0 radical (unpaired) electrons. The minimum absolute atomic E-state index is 0.0611. The van der Waals surface area contributed by atoms with Crippen molar-refractivity contribution in [2.45, 2.75) is 18.9 Å². The molecule has 1 saturated heterocycles. The monoisotopic (exact) mass is 346 g/mol. The summed E-state index contributed by atoms with van der Waals surface area (Å²) in [6, 6.07) is 10.3. The number of amides is 2. The normalized spacial score (nSPS) is 16.9. The Morgan fingerprint density at radius 2 is 2.04 bits per heavy atom. The molecule has 1 aliphatic heterocycles. The first-order valence-electron chi connectivity index (χ1n) is 7.91. The second-order valence-corrected chi connectivity index (χ2v) is 6.06. The highest BCUT2D eigenvalue weighted by atomic mass is 35.5. The number of hydrogen-bond donors (Lipinski definition) is 1. The molecule has 7 heteroatoms. The summed E-state index contributed by atoms with van der Waals surface area (Å²) in [6.07, 6.45) is 4.47. The molecular weight excluding hydrogens is 328 g/mol. The van der Waals surface area contributed by atoms with Crippen molar-refractivity contribution in [3.8, 4) is 6.01 Å². The van der Waals surface area contributed by atoms with Gasteiger partial charge in [0, 0.05) is 19.5 Å². The number of carbonyl (C=O) groups excluding carboxylic acids is 1. The minimum atomic E-state index is -0.0916. The van der Waals surface area contributed by atoms with Crippen LogP contribution >= 0.6 is 11.6 Å². The van der Waals surface area contributed by atoms with Gasteiger partial charge in [-0.3, -0.25) is 0 Å². The zero-order chi connectivity index (χ0) is 16.8. The lowest BCUT2D eigenvalue weighted by Crippen LogP contribution is -2.40. The van der Waals surface area contributed by atoms with Crippen molar-refractivity contribution in [2.75, 3.05) is 19.6 Å². The molecular formula is C17H19ClN4O2. The van der Waals surface area contributed by atoms with Crippen LogP contribution in [0.1, 0.15) is 12.0 Å². The lowest BCUT2D eigenvalue weighted by Gasteiger charge is -2.17. The van der Waals surface area contributed by atoms with Gasteiger partial charge in [-0.05, 0) is 12.0 Å². The van der Waals surface area contributed by atoms with Gasteiger partial charge >= 0.3 is 12.0 Å². The average Bonchev–Trinajstić information content (AvgIpc) is 3.06. The Hall–Kier alpha value is -2.34. The van der Waals surface area contributed by atoms with E-state index in [-0.39, 0.29) is 18.1 Å². The van der Waals surface area contributed by atoms with E-state index in [1.165, 1.54) is 18.0 Å². The molecule has 1 aliphatic rings. The number of likely N-dealkylation sites (tertiary alicyclic amines) is 1. The lowest BCUT2D eigenvalue weighted by atomic mass is 10.1. The van der Waals surface area contributed by atoms with Crippen LogP contribution in [0.2, 0.25) is 5.02 Å². The fourth-order valence-corrected chi connectivity index (χ4v) is 2.69. The number of aromatic nitrogens is 2. The first-order chi connectivity index (χ1) is 11.7. The summed E-state index contributed by atoms with van der Waals surface area (Å²) >= 11 is 5.74. The number of carbonyl (C=O) groups is 1. The third kappa shape index (κ3) is 4.58. The molecule has 0 saturated carbocycles. The summed E-state index contributed by atoms with van der Waals surface area (Å²) in [7, 11) is 0. The summed E-state index contributed by atoms with van der Waals surface area (Å²) in [5.41, 5.74) is 1.21. The van der Waals surface area contributed by atoms with Gasteiger partial charge in [0.25, 0.3) is 0 Å². The van der Waals surface area contributed by atoms with Crippen molar-refractivity contribution in [3.63, 3.8) is 0 Å². The van der Waals surface area contributed by atoms with E-state index >= 15 is 0 Å². The Morgan fingerprint density at radius 1 is 1.29 bits per heavy atom. The quantitative estimate of drug-likeness (QED) is 0.903. The van der Waals surface area contributed by atoms with E-state index < -0.39 is 0 Å². The Kier molecular flexibility index (Phi) is 5.48. The molecule has 6 nitrogen and oxygen atoms in total. The molecule has 1 atom stereocenters. The van der Waals surface area contributed by atoms with E-state index in [1.54, 1.807) is 4.90 Å². The van der Waals surface area contributed by atoms with Gasteiger partial charge in [-0.15, -0.1) is 0 Å². The van der Waals surface area contributed by atoms with Gasteiger partial charge in [-0.2, -0.15) is 0 Å². The van der Waals surface area contributed by atoms with Crippen molar-refractivity contribution in [3.05, 3.63) is 53.3 Å². The van der Waals surface area contributed by atoms with Gasteiger partial charge < -0.3 is 15.0 Å². The molecule has 24 heavy (non-hydrogen) atoms. The molecule has 0 spiro atoms. The maximum atomic E-state index is 12.2. The van der Waals surface area contributed by atoms with Gasteiger partial charge in [0.15, 0.2) is 0 Å². The van der Waals surface area contributed by atoms with Gasteiger partial charge in [0.05, 0.1) is 24.0 Å². The van der Waals surface area contributed by atoms with Crippen LogP contribution < -0.4 is 10.1 Å². The molecule has 1 unspecified atom stereocenters. The van der Waals surface area contributed by atoms with Gasteiger partial charge in [-0.1, -0.05) is 41.9 Å². The van der Waals surface area contributed by atoms with E-state index in [9.17, 15) is 4.79 Å². The molecule has 3 rings (SSSR count). The number of benzene rings is 1. The summed E-state index contributed by atoms with van der Waals surface area (Å²) < 4.78 is 5.68. The molecule has 2 heterocycles. The van der Waals surface area contributed by atoms with Gasteiger partial charge in [0.1, 0.15) is 6.10 Å². The van der Waals surface area contributed by atoms with Gasteiger partial charge in [-0.25, -0.2) is 14.8 Å². The SMILES string of the molecule is O=C(NCCc1ccccc1)N1CCC(Oc2ncc(Cl)cn2)C1. The fraction of sp³-hybridized carbons (Fsp3) is 0.353. The standard InChI is InChI=1S/C17H19ClN4O2/c18-14-10-20-16(21-11-14)24-15-7-9-22(12-15)17(23)19-8-6-13-4-2-1-3-5-13/h1-5,10-11,15H,6-9,12H2,(H,19,23). The predicted molar refractivity (Wildman–Crippen MR) is 91.2 cm³/mol. The molecule has 1 fully saturated rings. The molecule has 0 aliphatic carbocycles. The third-order valence-electron chi connectivity index (χ3n) is 3.83. The van der Waals surface area contributed by atoms with E-state index in [2.05, 4.69) is 27.4 Å². The maximum absolute atomic E-state index is 12.2. The van der Waals surface area contributed by atoms with Gasteiger partial charge in [0.2, 0.25) is 0 Å². The number of hydrogen-bond acceptors (Lipinski definition) is 4. The number of urea groups is 1. The summed E-state index contributed by atoms with van der Waals surface area (Å²) in [6.45, 7) is 1.81. The number of nitrogens with zero attached hydrogens (tertiary/aromatic N) is 3. The predicted octanol–water partition coefficient (Wildman–Crippen LogP) is 2.54. The largest absolute Gasteiger partial charge is 0.458 e. The first-order valence-corrected chi connectivity index (χ1v) is 8.29. The second-order valence-electron chi connectivity index (χ2n) is 5.63. The van der Waals surface area contributed by atoms with Crippen LogP contribution in [0.15, 0.2) is 42.7 Å². The van der Waals surface area contributed by atoms with Crippen molar-refractivity contribution >= 4 is 17.6 Å². The molecule has 126 valence electrons. The molecule has 1 N–H and O–H groups in total. The van der Waals surface area contributed by atoms with Crippen molar-refractivity contribution < 1.29 is 9.53 Å². The van der Waals surface area contributed by atoms with Crippen LogP contribution in [0.5, 0.6) is 6.01 Å². The maximum Gasteiger partial charge on any atom is 0.317 e. The smallest absolute Gasteiger partial charge is 0.317 e. The summed E-state index contributed by atoms with van der Waals surface area (Å²) in [4.78, 5) is 22.0. The summed E-state index contributed by atoms with van der Waals surface area (Å²) in [5.74, 6) is 0. The zero-order valence-electron chi connectivity index (χ0n) is 13.2. The Balaban J connectivity index is 1.41. The number of ether oxygens (including phenoxy) is 1. The lowest BCUT2D eigenvalue weighted by molar-refractivity contribution is 0.178. The molecule has 2 aromatic rings. The van der Waals surface area contributed by atoms with Crippen LogP contribution in [0, 0.1) is 0 Å². The van der Waals surface area contributed by atoms with Crippen LogP contribution in [0.3, 0.4) is 0 Å². The van der Waals surface area contributed by atoms with Crippen LogP contribution in [-0.2, 0) is 6.42 Å². The molecule has 1 aromatic carbocycles. The highest BCUT2D eigenvalue weighted by Crippen LogP contribution is 2.16. The van der Waals surface area contributed by atoms with Crippen molar-refractivity contribution in [1.82, 2.24) is 20.2 Å². The Morgan fingerprint density at radius 3 is 2.79 bits per heavy atom. The van der Waals surface area contributed by atoms with Crippen LogP contribution in [0.25, 0.3) is 0 Å². The summed E-state index contributed by atoms with van der Waals surface area (Å²) in [5, 5.41) is 3.41. The van der Waals surface area contributed by atoms with E-state index in [1.807, 2.05) is 18.2 Å². The third-order valence-corrected chi connectivity index (χ3v) is 4.03. The highest BCUT2D eigenvalue weighted by molar-refractivity contribution is 6.30. The highest BCUT2D eigenvalue weighted by Gasteiger charge is 2.28. The fourth-order valence-electron chi connectivity index (χ4n) is 2.59. The van der Waals surface area contributed by atoms with E-state index in [0.29, 0.717) is 24.7 Å². The van der Waals surface area contributed by atoms with Crippen LogP contribution in [-0.4, -0.2) is 46.6 Å². The topological polar surface area (TPSA) is 67.4 Å². The van der Waals surface area contributed by atoms with Crippen molar-refractivity contribution in [2.24, 2.45) is 0 Å². The molecule has 2 amide bonds. The molecule has 1 aromatic heterocycles. The van der Waals surface area contributed by atoms with Crippen molar-refractivity contribution in [1.29, 1.82) is 0 Å². The Bertz CT molecular complexity index is 666. The van der Waals surface area contributed by atoms with E-state index in [0.717, 1.165) is 12.8 Å². The van der Waals surface area contributed by atoms with Crippen LogP contribution in [0.4, 0.5) is 4.79 Å². The zero-order valence-corrected chi connectivity index (χ0v) is 13.9. The average molecular weight is 347 g/mol.